The topological polar surface area (TPSA) is 12.5 Å². The van der Waals surface area contributed by atoms with E-state index in [1.165, 1.54) is 56.2 Å². The largest absolute Gasteiger partial charge is 0.373 e. The summed E-state index contributed by atoms with van der Waals surface area (Å²) >= 11 is 0. The lowest BCUT2D eigenvalue weighted by Crippen LogP contribution is -2.38. The molecule has 2 nitrogen and oxygen atoms in total. The van der Waals surface area contributed by atoms with Crippen molar-refractivity contribution in [2.75, 3.05) is 13.6 Å². The Labute approximate surface area is 164 Å². The van der Waals surface area contributed by atoms with Crippen molar-refractivity contribution < 1.29 is 4.74 Å². The first-order valence-corrected chi connectivity index (χ1v) is 10.7. The highest BCUT2D eigenvalue weighted by atomic mass is 16.5. The molecular weight excluding hydrogens is 330 g/mol. The van der Waals surface area contributed by atoms with E-state index in [1.807, 2.05) is 0 Å². The molecule has 0 N–H and O–H groups in total. The Hall–Kier alpha value is -1.64. The van der Waals surface area contributed by atoms with Gasteiger partial charge in [0.05, 0.1) is 12.7 Å². The van der Waals surface area contributed by atoms with Crippen LogP contribution in [0.1, 0.15) is 43.2 Å². The van der Waals surface area contributed by atoms with Crippen LogP contribution in [0.25, 0.3) is 0 Å². The van der Waals surface area contributed by atoms with Crippen molar-refractivity contribution in [1.29, 1.82) is 0 Å². The number of nitrogens with zero attached hydrogens (tertiary/aromatic N) is 1. The normalized spacial score (nSPS) is 26.7. The Morgan fingerprint density at radius 3 is 2.33 bits per heavy atom. The molecule has 2 aromatic carbocycles. The summed E-state index contributed by atoms with van der Waals surface area (Å²) in [4.78, 5) is 2.63. The Kier molecular flexibility index (Phi) is 6.26. The quantitative estimate of drug-likeness (QED) is 0.559. The predicted octanol–water partition coefficient (Wildman–Crippen LogP) is 5.33. The van der Waals surface area contributed by atoms with Crippen LogP contribution in [0.2, 0.25) is 0 Å². The zero-order valence-electron chi connectivity index (χ0n) is 16.6. The van der Waals surface area contributed by atoms with E-state index < -0.39 is 0 Å². The Morgan fingerprint density at radius 2 is 1.59 bits per heavy atom. The van der Waals surface area contributed by atoms with Crippen molar-refractivity contribution in [3.8, 4) is 0 Å². The second-order valence-electron chi connectivity index (χ2n) is 8.49. The van der Waals surface area contributed by atoms with Gasteiger partial charge in [0.1, 0.15) is 0 Å². The summed E-state index contributed by atoms with van der Waals surface area (Å²) in [5.41, 5.74) is 2.77. The van der Waals surface area contributed by atoms with Crippen molar-refractivity contribution in [3.05, 3.63) is 71.8 Å². The molecular formula is C25H33NO. The summed E-state index contributed by atoms with van der Waals surface area (Å²) in [6, 6.07) is 22.2. The lowest BCUT2D eigenvalue weighted by Gasteiger charge is -2.31. The molecule has 2 aromatic rings. The minimum Gasteiger partial charge on any atom is -0.373 e. The highest BCUT2D eigenvalue weighted by Gasteiger charge is 2.49. The van der Waals surface area contributed by atoms with E-state index in [-0.39, 0.29) is 0 Å². The summed E-state index contributed by atoms with van der Waals surface area (Å²) in [5.74, 6) is 1.51. The molecule has 0 saturated heterocycles. The molecule has 4 unspecified atom stereocenters. The van der Waals surface area contributed by atoms with Crippen LogP contribution >= 0.6 is 0 Å². The summed E-state index contributed by atoms with van der Waals surface area (Å²) < 4.78 is 6.41. The molecule has 2 heteroatoms. The first kappa shape index (κ1) is 18.7. The van der Waals surface area contributed by atoms with Gasteiger partial charge < -0.3 is 9.64 Å². The second-order valence-corrected chi connectivity index (χ2v) is 8.49. The molecule has 0 amide bonds. The van der Waals surface area contributed by atoms with Crippen molar-refractivity contribution in [2.24, 2.45) is 11.8 Å². The third-order valence-corrected chi connectivity index (χ3v) is 6.72. The van der Waals surface area contributed by atoms with Crippen LogP contribution in [-0.2, 0) is 17.8 Å². The van der Waals surface area contributed by atoms with E-state index in [4.69, 9.17) is 4.74 Å². The van der Waals surface area contributed by atoms with Gasteiger partial charge in [-0.15, -0.1) is 0 Å². The SMILES string of the molecule is CN(CCCCc1ccccc1)C1CC2CCC1C2OCc1ccccc1. The van der Waals surface area contributed by atoms with Gasteiger partial charge in [-0.05, 0) is 69.2 Å². The van der Waals surface area contributed by atoms with Crippen LogP contribution in [0.3, 0.4) is 0 Å². The minimum atomic E-state index is 0.474. The fourth-order valence-electron chi connectivity index (χ4n) is 5.27. The molecule has 4 rings (SSSR count). The van der Waals surface area contributed by atoms with Crippen molar-refractivity contribution >= 4 is 0 Å². The van der Waals surface area contributed by atoms with Gasteiger partial charge >= 0.3 is 0 Å². The lowest BCUT2D eigenvalue weighted by molar-refractivity contribution is 0.00385. The van der Waals surface area contributed by atoms with Crippen LogP contribution in [0.15, 0.2) is 60.7 Å². The van der Waals surface area contributed by atoms with Crippen molar-refractivity contribution in [2.45, 2.75) is 57.3 Å². The van der Waals surface area contributed by atoms with Crippen LogP contribution < -0.4 is 0 Å². The second kappa shape index (κ2) is 9.03. The fourth-order valence-corrected chi connectivity index (χ4v) is 5.27. The smallest absolute Gasteiger partial charge is 0.0720 e. The predicted molar refractivity (Wildman–Crippen MR) is 112 cm³/mol. The molecule has 2 bridgehead atoms. The third-order valence-electron chi connectivity index (χ3n) is 6.72. The Bertz CT molecular complexity index is 686. The summed E-state index contributed by atoms with van der Waals surface area (Å²) in [6.45, 7) is 1.98. The number of hydrogen-bond acceptors (Lipinski definition) is 2. The van der Waals surface area contributed by atoms with E-state index in [2.05, 4.69) is 72.6 Å². The average Bonchev–Trinajstić information content (AvgIpc) is 3.28. The molecule has 0 heterocycles. The van der Waals surface area contributed by atoms with E-state index in [1.54, 1.807) is 0 Å². The standard InChI is InChI=1S/C25H33NO/c1-26(17-9-8-12-20-10-4-2-5-11-20)24-18-22-15-16-23(24)25(22)27-19-21-13-6-3-7-14-21/h2-7,10-11,13-14,22-25H,8-9,12,15-19H2,1H3. The zero-order valence-corrected chi connectivity index (χ0v) is 16.6. The van der Waals surface area contributed by atoms with Crippen LogP contribution in [0.5, 0.6) is 0 Å². The number of hydrogen-bond donors (Lipinski definition) is 0. The first-order chi connectivity index (χ1) is 13.3. The molecule has 27 heavy (non-hydrogen) atoms. The minimum absolute atomic E-state index is 0.474. The molecule has 0 spiro atoms. The molecule has 0 aromatic heterocycles. The Morgan fingerprint density at radius 1 is 0.889 bits per heavy atom. The molecule has 2 aliphatic carbocycles. The van der Waals surface area contributed by atoms with Crippen molar-refractivity contribution in [3.63, 3.8) is 0 Å². The summed E-state index contributed by atoms with van der Waals surface area (Å²) in [5, 5.41) is 0. The highest BCUT2D eigenvalue weighted by Crippen LogP contribution is 2.48. The van der Waals surface area contributed by atoms with Gasteiger partial charge in [0, 0.05) is 12.0 Å². The fraction of sp³-hybridized carbons (Fsp3) is 0.520. The van der Waals surface area contributed by atoms with Gasteiger partial charge in [-0.3, -0.25) is 0 Å². The molecule has 2 fully saturated rings. The van der Waals surface area contributed by atoms with Gasteiger partial charge in [-0.25, -0.2) is 0 Å². The van der Waals surface area contributed by atoms with Crippen LogP contribution in [0.4, 0.5) is 0 Å². The highest BCUT2D eigenvalue weighted by molar-refractivity contribution is 5.15. The molecule has 0 radical (unpaired) electrons. The number of benzene rings is 2. The number of aryl methyl sites for hydroxylation is 1. The lowest BCUT2D eigenvalue weighted by atomic mass is 9.94. The monoisotopic (exact) mass is 363 g/mol. The van der Waals surface area contributed by atoms with E-state index in [0.717, 1.165) is 24.5 Å². The van der Waals surface area contributed by atoms with Gasteiger partial charge in [-0.1, -0.05) is 60.7 Å². The van der Waals surface area contributed by atoms with Crippen molar-refractivity contribution in [1.82, 2.24) is 4.90 Å². The average molecular weight is 364 g/mol. The van der Waals surface area contributed by atoms with E-state index >= 15 is 0 Å². The molecule has 4 atom stereocenters. The van der Waals surface area contributed by atoms with Gasteiger partial charge in [0.25, 0.3) is 0 Å². The third kappa shape index (κ3) is 4.62. The molecule has 0 aliphatic heterocycles. The van der Waals surface area contributed by atoms with Crippen LogP contribution in [-0.4, -0.2) is 30.6 Å². The molecule has 144 valence electrons. The van der Waals surface area contributed by atoms with Gasteiger partial charge in [0.2, 0.25) is 0 Å². The Balaban J connectivity index is 1.22. The maximum atomic E-state index is 6.41. The zero-order chi connectivity index (χ0) is 18.5. The molecule has 2 aliphatic rings. The number of fused-ring (bicyclic) bond motifs is 2. The van der Waals surface area contributed by atoms with Crippen LogP contribution in [0, 0.1) is 11.8 Å². The number of unbranched alkanes of at least 4 members (excludes halogenated alkanes) is 1. The maximum Gasteiger partial charge on any atom is 0.0720 e. The summed E-state index contributed by atoms with van der Waals surface area (Å²) in [7, 11) is 2.34. The molecule has 2 saturated carbocycles. The number of rotatable bonds is 9. The maximum absolute atomic E-state index is 6.41. The van der Waals surface area contributed by atoms with Gasteiger partial charge in [0.15, 0.2) is 0 Å². The number of ether oxygens (including phenoxy) is 1. The first-order valence-electron chi connectivity index (χ1n) is 10.7. The summed E-state index contributed by atoms with van der Waals surface area (Å²) in [6.07, 6.45) is 8.29. The van der Waals surface area contributed by atoms with E-state index in [0.29, 0.717) is 6.10 Å². The van der Waals surface area contributed by atoms with E-state index in [9.17, 15) is 0 Å². The van der Waals surface area contributed by atoms with Gasteiger partial charge in [-0.2, -0.15) is 0 Å².